The average Bonchev–Trinajstić information content (AvgIpc) is 2.97. The van der Waals surface area contributed by atoms with Crippen LogP contribution in [-0.2, 0) is 6.18 Å². The molecule has 0 saturated carbocycles. The molecule has 1 aromatic carbocycles. The Hall–Kier alpha value is -1.53. The molecule has 1 heterocycles. The summed E-state index contributed by atoms with van der Waals surface area (Å²) in [5, 5.41) is 5.21. The number of halogens is 3. The Labute approximate surface area is 125 Å². The number of nitrogens with one attached hydrogen (secondary N) is 1. The Bertz CT molecular complexity index is 554. The third-order valence-electron chi connectivity index (χ3n) is 2.97. The molecule has 0 spiro atoms. The maximum absolute atomic E-state index is 12.8. The van der Waals surface area contributed by atoms with E-state index in [2.05, 4.69) is 5.32 Å². The van der Waals surface area contributed by atoms with E-state index >= 15 is 0 Å². The fourth-order valence-corrected chi connectivity index (χ4v) is 2.66. The van der Waals surface area contributed by atoms with Gasteiger partial charge in [-0.15, -0.1) is 11.3 Å². The molecule has 21 heavy (non-hydrogen) atoms. The van der Waals surface area contributed by atoms with Crippen molar-refractivity contribution in [3.05, 3.63) is 52.2 Å². The zero-order valence-electron chi connectivity index (χ0n) is 11.5. The first kappa shape index (κ1) is 15.9. The van der Waals surface area contributed by atoms with E-state index < -0.39 is 11.7 Å². The standard InChI is InChI=1S/C15H16F3NOS/c1-11(14-7-4-10-21-14)19-8-9-20-13-6-3-2-5-12(13)15(16,17)18/h2-7,10-11,19H,8-9H2,1H3. The number of ether oxygens (including phenoxy) is 1. The van der Waals surface area contributed by atoms with Crippen LogP contribution in [0.1, 0.15) is 23.4 Å². The molecule has 2 nitrogen and oxygen atoms in total. The summed E-state index contributed by atoms with van der Waals surface area (Å²) >= 11 is 1.64. The van der Waals surface area contributed by atoms with Crippen LogP contribution in [0.15, 0.2) is 41.8 Å². The molecule has 0 aliphatic carbocycles. The van der Waals surface area contributed by atoms with Crippen LogP contribution >= 0.6 is 11.3 Å². The van der Waals surface area contributed by atoms with Gasteiger partial charge in [0.1, 0.15) is 12.4 Å². The first-order valence-corrected chi connectivity index (χ1v) is 7.42. The number of alkyl halides is 3. The summed E-state index contributed by atoms with van der Waals surface area (Å²) in [6.07, 6.45) is -4.39. The Morgan fingerprint density at radius 2 is 1.95 bits per heavy atom. The summed E-state index contributed by atoms with van der Waals surface area (Å²) in [6.45, 7) is 2.67. The molecule has 0 aliphatic heterocycles. The van der Waals surface area contributed by atoms with Crippen molar-refractivity contribution in [1.82, 2.24) is 5.32 Å². The van der Waals surface area contributed by atoms with Gasteiger partial charge in [0.25, 0.3) is 0 Å². The lowest BCUT2D eigenvalue weighted by Crippen LogP contribution is -2.24. The van der Waals surface area contributed by atoms with Crippen molar-refractivity contribution in [1.29, 1.82) is 0 Å². The molecule has 0 radical (unpaired) electrons. The first-order valence-electron chi connectivity index (χ1n) is 6.54. The lowest BCUT2D eigenvalue weighted by Gasteiger charge is -2.15. The molecule has 1 unspecified atom stereocenters. The minimum Gasteiger partial charge on any atom is -0.492 e. The van der Waals surface area contributed by atoms with Crippen LogP contribution in [0.25, 0.3) is 0 Å². The summed E-state index contributed by atoms with van der Waals surface area (Å²) in [6, 6.07) is 9.39. The van der Waals surface area contributed by atoms with Crippen molar-refractivity contribution in [3.8, 4) is 5.75 Å². The highest BCUT2D eigenvalue weighted by molar-refractivity contribution is 7.10. The van der Waals surface area contributed by atoms with Crippen LogP contribution in [0.4, 0.5) is 13.2 Å². The third kappa shape index (κ3) is 4.47. The highest BCUT2D eigenvalue weighted by atomic mass is 32.1. The average molecular weight is 315 g/mol. The minimum atomic E-state index is -4.39. The van der Waals surface area contributed by atoms with E-state index in [1.807, 2.05) is 24.4 Å². The van der Waals surface area contributed by atoms with Crippen molar-refractivity contribution in [2.75, 3.05) is 13.2 Å². The van der Waals surface area contributed by atoms with Crippen molar-refractivity contribution in [2.45, 2.75) is 19.1 Å². The van der Waals surface area contributed by atoms with E-state index in [-0.39, 0.29) is 18.4 Å². The summed E-state index contributed by atoms with van der Waals surface area (Å²) in [4.78, 5) is 1.19. The zero-order chi connectivity index (χ0) is 15.3. The molecule has 1 aromatic heterocycles. The van der Waals surface area contributed by atoms with E-state index in [9.17, 15) is 13.2 Å². The number of thiophene rings is 1. The first-order chi connectivity index (χ1) is 9.98. The maximum atomic E-state index is 12.8. The predicted octanol–water partition coefficient (Wildman–Crippen LogP) is 4.50. The van der Waals surface area contributed by atoms with Crippen molar-refractivity contribution in [2.24, 2.45) is 0 Å². The van der Waals surface area contributed by atoms with Crippen molar-refractivity contribution < 1.29 is 17.9 Å². The second-order valence-corrected chi connectivity index (χ2v) is 5.51. The second-order valence-electron chi connectivity index (χ2n) is 4.53. The summed E-state index contributed by atoms with van der Waals surface area (Å²) in [5.41, 5.74) is -0.740. The second kappa shape index (κ2) is 6.95. The Kier molecular flexibility index (Phi) is 5.25. The van der Waals surface area contributed by atoms with Crippen LogP contribution < -0.4 is 10.1 Å². The topological polar surface area (TPSA) is 21.3 Å². The number of rotatable bonds is 6. The minimum absolute atomic E-state index is 0.129. The number of para-hydroxylation sites is 1. The van der Waals surface area contributed by atoms with Gasteiger partial charge in [0, 0.05) is 17.5 Å². The SMILES string of the molecule is CC(NCCOc1ccccc1C(F)(F)F)c1cccs1. The van der Waals surface area contributed by atoms with Gasteiger partial charge in [-0.1, -0.05) is 18.2 Å². The van der Waals surface area contributed by atoms with Crippen LogP contribution in [-0.4, -0.2) is 13.2 Å². The molecule has 0 bridgehead atoms. The maximum Gasteiger partial charge on any atom is 0.419 e. The Morgan fingerprint density at radius 3 is 2.62 bits per heavy atom. The number of hydrogen-bond donors (Lipinski definition) is 1. The lowest BCUT2D eigenvalue weighted by atomic mass is 10.2. The quantitative estimate of drug-likeness (QED) is 0.793. The summed E-state index contributed by atoms with van der Waals surface area (Å²) in [7, 11) is 0. The van der Waals surface area contributed by atoms with E-state index in [1.54, 1.807) is 11.3 Å². The fourth-order valence-electron chi connectivity index (χ4n) is 1.90. The molecule has 6 heteroatoms. The molecule has 2 rings (SSSR count). The highest BCUT2D eigenvalue weighted by Gasteiger charge is 2.33. The molecule has 1 atom stereocenters. The Balaban J connectivity index is 1.84. The summed E-state index contributed by atoms with van der Waals surface area (Å²) in [5.74, 6) is -0.129. The number of benzene rings is 1. The van der Waals surface area contributed by atoms with E-state index in [0.29, 0.717) is 6.54 Å². The van der Waals surface area contributed by atoms with Gasteiger partial charge in [-0.25, -0.2) is 0 Å². The molecule has 0 amide bonds. The van der Waals surface area contributed by atoms with E-state index in [1.165, 1.54) is 23.1 Å². The normalized spacial score (nSPS) is 13.1. The van der Waals surface area contributed by atoms with Crippen LogP contribution in [0, 0.1) is 0 Å². The highest BCUT2D eigenvalue weighted by Crippen LogP contribution is 2.35. The molecular weight excluding hydrogens is 299 g/mol. The van der Waals surface area contributed by atoms with Gasteiger partial charge in [0.05, 0.1) is 5.56 Å². The van der Waals surface area contributed by atoms with E-state index in [0.717, 1.165) is 6.07 Å². The smallest absolute Gasteiger partial charge is 0.419 e. The largest absolute Gasteiger partial charge is 0.492 e. The van der Waals surface area contributed by atoms with Gasteiger partial charge in [-0.2, -0.15) is 13.2 Å². The zero-order valence-corrected chi connectivity index (χ0v) is 12.3. The predicted molar refractivity (Wildman–Crippen MR) is 77.7 cm³/mol. The van der Waals surface area contributed by atoms with Gasteiger partial charge in [-0.3, -0.25) is 0 Å². The van der Waals surface area contributed by atoms with Crippen LogP contribution in [0.5, 0.6) is 5.75 Å². The fraction of sp³-hybridized carbons (Fsp3) is 0.333. The molecule has 0 fully saturated rings. The van der Waals surface area contributed by atoms with Gasteiger partial charge in [0.15, 0.2) is 0 Å². The van der Waals surface area contributed by atoms with Crippen molar-refractivity contribution in [3.63, 3.8) is 0 Å². The van der Waals surface area contributed by atoms with Crippen LogP contribution in [0.3, 0.4) is 0 Å². The molecular formula is C15H16F3NOS. The van der Waals surface area contributed by atoms with Crippen molar-refractivity contribution >= 4 is 11.3 Å². The summed E-state index contributed by atoms with van der Waals surface area (Å²) < 4.78 is 43.6. The number of hydrogen-bond acceptors (Lipinski definition) is 3. The molecule has 0 saturated heterocycles. The Morgan fingerprint density at radius 1 is 1.19 bits per heavy atom. The lowest BCUT2D eigenvalue weighted by molar-refractivity contribution is -0.138. The van der Waals surface area contributed by atoms with Gasteiger partial charge in [0.2, 0.25) is 0 Å². The van der Waals surface area contributed by atoms with E-state index in [4.69, 9.17) is 4.74 Å². The van der Waals surface area contributed by atoms with Crippen LogP contribution in [0.2, 0.25) is 0 Å². The monoisotopic (exact) mass is 315 g/mol. The molecule has 0 aliphatic rings. The molecule has 114 valence electrons. The van der Waals surface area contributed by atoms with Gasteiger partial charge < -0.3 is 10.1 Å². The van der Waals surface area contributed by atoms with Gasteiger partial charge >= 0.3 is 6.18 Å². The van der Waals surface area contributed by atoms with Gasteiger partial charge in [-0.05, 0) is 30.5 Å². The molecule has 1 N–H and O–H groups in total. The third-order valence-corrected chi connectivity index (χ3v) is 4.03. The molecule has 2 aromatic rings.